The molecular formula is C19H17NO3S2. The summed E-state index contributed by atoms with van der Waals surface area (Å²) in [5.74, 6) is -0.606. The Hall–Kier alpha value is -2.31. The summed E-state index contributed by atoms with van der Waals surface area (Å²) in [5, 5.41) is 4.18. The summed E-state index contributed by atoms with van der Waals surface area (Å²) >= 11 is 3.04. The summed E-state index contributed by atoms with van der Waals surface area (Å²) in [6, 6.07) is 15.4. The molecule has 0 spiro atoms. The second-order valence-corrected chi connectivity index (χ2v) is 7.30. The molecule has 4 nitrogen and oxygen atoms in total. The Kier molecular flexibility index (Phi) is 5.40. The van der Waals surface area contributed by atoms with E-state index >= 15 is 0 Å². The van der Waals surface area contributed by atoms with Crippen LogP contribution in [0.2, 0.25) is 0 Å². The molecule has 2 aromatic carbocycles. The number of rotatable bonds is 5. The van der Waals surface area contributed by atoms with Gasteiger partial charge in [-0.2, -0.15) is 0 Å². The van der Waals surface area contributed by atoms with Gasteiger partial charge in [0, 0.05) is 15.0 Å². The number of hydrogen-bond donors (Lipinski definition) is 1. The zero-order chi connectivity index (χ0) is 17.8. The zero-order valence-electron chi connectivity index (χ0n) is 13.9. The molecule has 3 rings (SSSR count). The SMILES string of the molecule is COC(=O)c1c(NC(=O)Cc2ccc(SC)cc2)sc2ccccc12. The first-order chi connectivity index (χ1) is 12.1. The Labute approximate surface area is 154 Å². The summed E-state index contributed by atoms with van der Waals surface area (Å²) in [6.07, 6.45) is 2.26. The molecule has 0 aliphatic carbocycles. The average molecular weight is 371 g/mol. The smallest absolute Gasteiger partial charge is 0.341 e. The number of thioether (sulfide) groups is 1. The van der Waals surface area contributed by atoms with Gasteiger partial charge in [0.2, 0.25) is 5.91 Å². The molecule has 25 heavy (non-hydrogen) atoms. The van der Waals surface area contributed by atoms with Crippen molar-refractivity contribution in [1.82, 2.24) is 0 Å². The van der Waals surface area contributed by atoms with E-state index in [0.29, 0.717) is 10.6 Å². The highest BCUT2D eigenvalue weighted by atomic mass is 32.2. The van der Waals surface area contributed by atoms with Gasteiger partial charge in [0.25, 0.3) is 0 Å². The second kappa shape index (κ2) is 7.72. The fraction of sp³-hybridized carbons (Fsp3) is 0.158. The van der Waals surface area contributed by atoms with Crippen molar-refractivity contribution in [2.24, 2.45) is 0 Å². The number of benzene rings is 2. The molecule has 1 amide bonds. The third-order valence-corrected chi connectivity index (χ3v) is 5.59. The van der Waals surface area contributed by atoms with Gasteiger partial charge >= 0.3 is 5.97 Å². The zero-order valence-corrected chi connectivity index (χ0v) is 15.5. The van der Waals surface area contributed by atoms with Crippen LogP contribution in [0.5, 0.6) is 0 Å². The highest BCUT2D eigenvalue weighted by Crippen LogP contribution is 2.36. The number of esters is 1. The molecule has 0 atom stereocenters. The van der Waals surface area contributed by atoms with E-state index in [1.54, 1.807) is 11.8 Å². The lowest BCUT2D eigenvalue weighted by Crippen LogP contribution is -2.15. The molecule has 3 aromatic rings. The fourth-order valence-corrected chi connectivity index (χ4v) is 4.05. The quantitative estimate of drug-likeness (QED) is 0.526. The number of fused-ring (bicyclic) bond motifs is 1. The number of methoxy groups -OCH3 is 1. The van der Waals surface area contributed by atoms with E-state index in [1.807, 2.05) is 54.8 Å². The Morgan fingerprint density at radius 2 is 1.84 bits per heavy atom. The largest absolute Gasteiger partial charge is 0.465 e. The number of carbonyl (C=O) groups excluding carboxylic acids is 2. The Bertz CT molecular complexity index is 916. The third-order valence-electron chi connectivity index (χ3n) is 3.76. The van der Waals surface area contributed by atoms with Crippen LogP contribution in [0.3, 0.4) is 0 Å². The lowest BCUT2D eigenvalue weighted by atomic mass is 10.1. The van der Waals surface area contributed by atoms with Crippen LogP contribution in [0, 0.1) is 0 Å². The molecule has 0 radical (unpaired) electrons. The van der Waals surface area contributed by atoms with E-state index in [2.05, 4.69) is 5.32 Å². The van der Waals surface area contributed by atoms with E-state index < -0.39 is 5.97 Å². The Balaban J connectivity index is 1.83. The lowest BCUT2D eigenvalue weighted by Gasteiger charge is -2.06. The number of ether oxygens (including phenoxy) is 1. The number of thiophene rings is 1. The second-order valence-electron chi connectivity index (χ2n) is 5.37. The predicted molar refractivity (Wildman–Crippen MR) is 104 cm³/mol. The molecule has 128 valence electrons. The van der Waals surface area contributed by atoms with E-state index in [4.69, 9.17) is 4.74 Å². The molecule has 0 aliphatic heterocycles. The van der Waals surface area contributed by atoms with Gasteiger partial charge in [0.1, 0.15) is 10.6 Å². The van der Waals surface area contributed by atoms with Crippen molar-refractivity contribution in [2.45, 2.75) is 11.3 Å². The highest BCUT2D eigenvalue weighted by Gasteiger charge is 2.21. The van der Waals surface area contributed by atoms with Gasteiger partial charge in [-0.15, -0.1) is 23.1 Å². The molecule has 0 bridgehead atoms. The molecule has 0 saturated carbocycles. The molecule has 0 unspecified atom stereocenters. The number of anilines is 1. The summed E-state index contributed by atoms with van der Waals surface area (Å²) in [7, 11) is 1.34. The average Bonchev–Trinajstić information content (AvgIpc) is 2.99. The highest BCUT2D eigenvalue weighted by molar-refractivity contribution is 7.98. The molecule has 1 aromatic heterocycles. The summed E-state index contributed by atoms with van der Waals surface area (Å²) in [5.41, 5.74) is 1.34. The van der Waals surface area contributed by atoms with Crippen LogP contribution in [0.25, 0.3) is 10.1 Å². The van der Waals surface area contributed by atoms with Gasteiger partial charge in [0.05, 0.1) is 13.5 Å². The van der Waals surface area contributed by atoms with Gasteiger partial charge in [-0.3, -0.25) is 4.79 Å². The van der Waals surface area contributed by atoms with Crippen LogP contribution in [-0.2, 0) is 16.0 Å². The van der Waals surface area contributed by atoms with Crippen molar-refractivity contribution >= 4 is 50.1 Å². The van der Waals surface area contributed by atoms with Gasteiger partial charge in [0.15, 0.2) is 0 Å². The minimum Gasteiger partial charge on any atom is -0.465 e. The topological polar surface area (TPSA) is 55.4 Å². The van der Waals surface area contributed by atoms with Crippen molar-refractivity contribution in [3.05, 3.63) is 59.7 Å². The summed E-state index contributed by atoms with van der Waals surface area (Å²) < 4.78 is 5.82. The van der Waals surface area contributed by atoms with Crippen LogP contribution in [0.15, 0.2) is 53.4 Å². The van der Waals surface area contributed by atoms with Crippen molar-refractivity contribution in [3.8, 4) is 0 Å². The van der Waals surface area contributed by atoms with Gasteiger partial charge in [-0.25, -0.2) is 4.79 Å². The third kappa shape index (κ3) is 3.86. The summed E-state index contributed by atoms with van der Waals surface area (Å²) in [6.45, 7) is 0. The van der Waals surface area contributed by atoms with Gasteiger partial charge in [-0.05, 0) is 30.0 Å². The maximum Gasteiger partial charge on any atom is 0.341 e. The first-order valence-corrected chi connectivity index (χ1v) is 9.69. The number of nitrogens with one attached hydrogen (secondary N) is 1. The number of carbonyl (C=O) groups is 2. The molecular weight excluding hydrogens is 354 g/mol. The molecule has 0 fully saturated rings. The Morgan fingerprint density at radius 3 is 2.52 bits per heavy atom. The molecule has 1 heterocycles. The van der Waals surface area contributed by atoms with Crippen LogP contribution < -0.4 is 5.32 Å². The number of hydrogen-bond acceptors (Lipinski definition) is 5. The lowest BCUT2D eigenvalue weighted by molar-refractivity contribution is -0.115. The normalized spacial score (nSPS) is 10.6. The molecule has 0 saturated heterocycles. The predicted octanol–water partition coefficient (Wildman–Crippen LogP) is 4.59. The van der Waals surface area contributed by atoms with Crippen LogP contribution in [0.4, 0.5) is 5.00 Å². The maximum atomic E-state index is 12.4. The van der Waals surface area contributed by atoms with Crippen molar-refractivity contribution in [2.75, 3.05) is 18.7 Å². The van der Waals surface area contributed by atoms with Crippen LogP contribution in [0.1, 0.15) is 15.9 Å². The van der Waals surface area contributed by atoms with E-state index in [0.717, 1.165) is 20.5 Å². The van der Waals surface area contributed by atoms with Crippen LogP contribution >= 0.6 is 23.1 Å². The minimum atomic E-state index is -0.447. The van der Waals surface area contributed by atoms with Crippen molar-refractivity contribution < 1.29 is 14.3 Å². The van der Waals surface area contributed by atoms with Gasteiger partial charge < -0.3 is 10.1 Å². The Morgan fingerprint density at radius 1 is 1.12 bits per heavy atom. The van der Waals surface area contributed by atoms with E-state index in [9.17, 15) is 9.59 Å². The maximum absolute atomic E-state index is 12.4. The molecule has 6 heteroatoms. The minimum absolute atomic E-state index is 0.159. The molecule has 0 aliphatic rings. The van der Waals surface area contributed by atoms with E-state index in [-0.39, 0.29) is 12.3 Å². The summed E-state index contributed by atoms with van der Waals surface area (Å²) in [4.78, 5) is 25.7. The van der Waals surface area contributed by atoms with Crippen molar-refractivity contribution in [1.29, 1.82) is 0 Å². The van der Waals surface area contributed by atoms with Crippen LogP contribution in [-0.4, -0.2) is 25.2 Å². The van der Waals surface area contributed by atoms with Gasteiger partial charge in [-0.1, -0.05) is 30.3 Å². The number of amides is 1. The first-order valence-electron chi connectivity index (χ1n) is 7.65. The fourth-order valence-electron chi connectivity index (χ4n) is 2.54. The molecule has 1 N–H and O–H groups in total. The first kappa shape index (κ1) is 17.5. The standard InChI is InChI=1S/C19H17NO3S2/c1-23-19(22)17-14-5-3-4-6-15(14)25-18(17)20-16(21)11-12-7-9-13(24-2)10-8-12/h3-10H,11H2,1-2H3,(H,20,21). The van der Waals surface area contributed by atoms with Crippen molar-refractivity contribution in [3.63, 3.8) is 0 Å². The van der Waals surface area contributed by atoms with E-state index in [1.165, 1.54) is 18.4 Å². The monoisotopic (exact) mass is 371 g/mol.